The molecule has 1 aliphatic rings. The van der Waals surface area contributed by atoms with Crippen molar-refractivity contribution < 1.29 is 9.59 Å². The minimum Gasteiger partial charge on any atom is -0.353 e. The summed E-state index contributed by atoms with van der Waals surface area (Å²) in [5.41, 5.74) is 2.81. The van der Waals surface area contributed by atoms with Crippen LogP contribution in [-0.4, -0.2) is 59.4 Å². The molecule has 0 unspecified atom stereocenters. The summed E-state index contributed by atoms with van der Waals surface area (Å²) in [6.07, 6.45) is 0.845. The highest BCUT2D eigenvalue weighted by atomic mass is 32.2. The Morgan fingerprint density at radius 1 is 1.07 bits per heavy atom. The van der Waals surface area contributed by atoms with Crippen molar-refractivity contribution in [3.8, 4) is 0 Å². The topological polar surface area (TPSA) is 78.4 Å². The monoisotopic (exact) mass is 427 g/mol. The molecule has 160 valence electrons. The Bertz CT molecular complexity index is 880. The van der Waals surface area contributed by atoms with E-state index in [4.69, 9.17) is 4.98 Å². The van der Waals surface area contributed by atoms with Crippen molar-refractivity contribution in [3.05, 3.63) is 47.2 Å². The van der Waals surface area contributed by atoms with E-state index in [9.17, 15) is 9.59 Å². The summed E-state index contributed by atoms with van der Waals surface area (Å²) in [5.74, 6) is 1.74. The van der Waals surface area contributed by atoms with Gasteiger partial charge in [-0.3, -0.25) is 9.59 Å². The van der Waals surface area contributed by atoms with Crippen LogP contribution < -0.4 is 10.2 Å². The summed E-state index contributed by atoms with van der Waals surface area (Å²) < 4.78 is 0. The summed E-state index contributed by atoms with van der Waals surface area (Å²) in [6, 6.07) is 9.70. The lowest BCUT2D eigenvalue weighted by molar-refractivity contribution is -0.129. The lowest BCUT2D eigenvalue weighted by Gasteiger charge is -2.35. The third-order valence-corrected chi connectivity index (χ3v) is 6.00. The normalized spacial score (nSPS) is 14.0. The first-order valence-electron chi connectivity index (χ1n) is 10.4. The Morgan fingerprint density at radius 2 is 1.77 bits per heavy atom. The molecule has 0 saturated carbocycles. The molecule has 0 aliphatic carbocycles. The van der Waals surface area contributed by atoms with Crippen LogP contribution in [0.2, 0.25) is 0 Å². The second-order valence-corrected chi connectivity index (χ2v) is 8.13. The predicted octanol–water partition coefficient (Wildman–Crippen LogP) is 2.75. The summed E-state index contributed by atoms with van der Waals surface area (Å²) in [7, 11) is 0. The van der Waals surface area contributed by atoms with Crippen molar-refractivity contribution in [2.24, 2.45) is 0 Å². The molecule has 1 aromatic heterocycles. The highest BCUT2D eigenvalue weighted by molar-refractivity contribution is 7.98. The molecular formula is C22H29N5O2S. The molecule has 1 N–H and O–H groups in total. The number of nitrogens with zero attached hydrogens (tertiary/aromatic N) is 4. The van der Waals surface area contributed by atoms with Crippen LogP contribution >= 0.6 is 11.8 Å². The third-order valence-electron chi connectivity index (χ3n) is 5.08. The minimum atomic E-state index is -0.0507. The van der Waals surface area contributed by atoms with Gasteiger partial charge in [-0.2, -0.15) is 0 Å². The summed E-state index contributed by atoms with van der Waals surface area (Å²) in [5, 5.41) is 3.56. The fourth-order valence-corrected chi connectivity index (χ4v) is 4.11. The fourth-order valence-electron chi connectivity index (χ4n) is 3.28. The van der Waals surface area contributed by atoms with Gasteiger partial charge in [0.2, 0.25) is 5.91 Å². The van der Waals surface area contributed by atoms with Gasteiger partial charge in [0.05, 0.1) is 0 Å². The second-order valence-electron chi connectivity index (χ2n) is 7.19. The number of aryl methyl sites for hydroxylation is 1. The van der Waals surface area contributed by atoms with Crippen molar-refractivity contribution in [2.45, 2.75) is 38.1 Å². The number of hydrogen-bond acceptors (Lipinski definition) is 6. The zero-order valence-electron chi connectivity index (χ0n) is 17.9. The van der Waals surface area contributed by atoms with Crippen molar-refractivity contribution in [2.75, 3.05) is 37.6 Å². The van der Waals surface area contributed by atoms with E-state index in [0.29, 0.717) is 12.1 Å². The molecule has 2 amide bonds. The van der Waals surface area contributed by atoms with Crippen LogP contribution in [0.5, 0.6) is 0 Å². The maximum Gasteiger partial charge on any atom is 0.251 e. The quantitative estimate of drug-likeness (QED) is 0.541. The maximum absolute atomic E-state index is 11.9. The van der Waals surface area contributed by atoms with Gasteiger partial charge in [-0.1, -0.05) is 30.8 Å². The van der Waals surface area contributed by atoms with Gasteiger partial charge in [0.1, 0.15) is 5.82 Å². The number of thioether (sulfide) groups is 1. The van der Waals surface area contributed by atoms with E-state index in [-0.39, 0.29) is 11.8 Å². The van der Waals surface area contributed by atoms with Crippen LogP contribution in [0.25, 0.3) is 0 Å². The molecule has 1 aliphatic heterocycles. The predicted molar refractivity (Wildman–Crippen MR) is 120 cm³/mol. The van der Waals surface area contributed by atoms with E-state index >= 15 is 0 Å². The van der Waals surface area contributed by atoms with E-state index < -0.39 is 0 Å². The lowest BCUT2D eigenvalue weighted by Crippen LogP contribution is -2.48. The van der Waals surface area contributed by atoms with Gasteiger partial charge in [0.15, 0.2) is 5.16 Å². The fraction of sp³-hybridized carbons (Fsp3) is 0.455. The number of benzene rings is 1. The Labute approximate surface area is 182 Å². The van der Waals surface area contributed by atoms with Crippen molar-refractivity contribution >= 4 is 29.4 Å². The largest absolute Gasteiger partial charge is 0.353 e. The Balaban J connectivity index is 1.65. The van der Waals surface area contributed by atoms with Gasteiger partial charge >= 0.3 is 0 Å². The molecule has 0 bridgehead atoms. The average molecular weight is 428 g/mol. The van der Waals surface area contributed by atoms with Gasteiger partial charge in [-0.15, -0.1) is 0 Å². The van der Waals surface area contributed by atoms with Gasteiger partial charge in [-0.05, 0) is 31.0 Å². The first-order chi connectivity index (χ1) is 14.5. The SMILES string of the molecule is CCNC(=O)c1ccc(CSc2nc(CC)cc(N3CCN(C(C)=O)CC3)n2)cc1. The minimum absolute atomic E-state index is 0.0507. The van der Waals surface area contributed by atoms with Gasteiger partial charge < -0.3 is 15.1 Å². The van der Waals surface area contributed by atoms with E-state index in [0.717, 1.165) is 60.6 Å². The number of hydrogen-bond donors (Lipinski definition) is 1. The standard InChI is InChI=1S/C22H29N5O2S/c1-4-19-14-20(27-12-10-26(11-13-27)16(3)28)25-22(24-19)30-15-17-6-8-18(9-7-17)21(29)23-5-2/h6-9,14H,4-5,10-13,15H2,1-3H3,(H,23,29). The van der Waals surface area contributed by atoms with Gasteiger partial charge in [0, 0.05) is 62.7 Å². The molecule has 2 aromatic rings. The molecule has 2 heterocycles. The van der Waals surface area contributed by atoms with Crippen LogP contribution in [0.1, 0.15) is 42.4 Å². The van der Waals surface area contributed by atoms with Crippen LogP contribution in [0.3, 0.4) is 0 Å². The number of piperazine rings is 1. The van der Waals surface area contributed by atoms with E-state index in [2.05, 4.69) is 28.2 Å². The van der Waals surface area contributed by atoms with E-state index in [1.165, 1.54) is 0 Å². The van der Waals surface area contributed by atoms with Gasteiger partial charge in [0.25, 0.3) is 5.91 Å². The Morgan fingerprint density at radius 3 is 2.37 bits per heavy atom. The van der Waals surface area contributed by atoms with Crippen LogP contribution in [0, 0.1) is 0 Å². The summed E-state index contributed by atoms with van der Waals surface area (Å²) in [6.45, 7) is 9.25. The van der Waals surface area contributed by atoms with Crippen LogP contribution in [-0.2, 0) is 17.0 Å². The number of carbonyl (C=O) groups excluding carboxylic acids is 2. The molecule has 1 aromatic carbocycles. The van der Waals surface area contributed by atoms with E-state index in [1.54, 1.807) is 18.7 Å². The number of amides is 2. The molecule has 30 heavy (non-hydrogen) atoms. The molecular weight excluding hydrogens is 398 g/mol. The first-order valence-corrected chi connectivity index (χ1v) is 11.4. The number of aromatic nitrogens is 2. The summed E-state index contributed by atoms with van der Waals surface area (Å²) >= 11 is 1.60. The van der Waals surface area contributed by atoms with Crippen LogP contribution in [0.4, 0.5) is 5.82 Å². The number of anilines is 1. The van der Waals surface area contributed by atoms with E-state index in [1.807, 2.05) is 36.1 Å². The second kappa shape index (κ2) is 10.4. The number of rotatable bonds is 7. The lowest BCUT2D eigenvalue weighted by atomic mass is 10.1. The zero-order chi connectivity index (χ0) is 21.5. The van der Waals surface area contributed by atoms with Crippen LogP contribution in [0.15, 0.2) is 35.5 Å². The Hall–Kier alpha value is -2.61. The number of nitrogens with one attached hydrogen (secondary N) is 1. The highest BCUT2D eigenvalue weighted by Gasteiger charge is 2.20. The molecule has 1 saturated heterocycles. The first kappa shape index (κ1) is 22.1. The van der Waals surface area contributed by atoms with Gasteiger partial charge in [-0.25, -0.2) is 9.97 Å². The Kier molecular flexibility index (Phi) is 7.68. The smallest absolute Gasteiger partial charge is 0.251 e. The van der Waals surface area contributed by atoms with Crippen molar-refractivity contribution in [1.82, 2.24) is 20.2 Å². The highest BCUT2D eigenvalue weighted by Crippen LogP contribution is 2.24. The third kappa shape index (κ3) is 5.72. The molecule has 3 rings (SSSR count). The maximum atomic E-state index is 11.9. The van der Waals surface area contributed by atoms with Crippen molar-refractivity contribution in [1.29, 1.82) is 0 Å². The zero-order valence-corrected chi connectivity index (χ0v) is 18.7. The molecule has 0 spiro atoms. The molecule has 1 fully saturated rings. The molecule has 0 atom stereocenters. The van der Waals surface area contributed by atoms with Crippen molar-refractivity contribution in [3.63, 3.8) is 0 Å². The molecule has 7 nitrogen and oxygen atoms in total. The molecule has 0 radical (unpaired) electrons. The summed E-state index contributed by atoms with van der Waals surface area (Å²) in [4.78, 5) is 37.0. The number of carbonyl (C=O) groups is 2. The average Bonchev–Trinajstić information content (AvgIpc) is 2.78. The molecule has 8 heteroatoms.